The van der Waals surface area contributed by atoms with Crippen LogP contribution in [0.4, 0.5) is 19.0 Å². The Kier molecular flexibility index (Phi) is 3.33. The topological polar surface area (TPSA) is 90.4 Å². The van der Waals surface area contributed by atoms with Gasteiger partial charge in [0.05, 0.1) is 6.61 Å². The first-order chi connectivity index (χ1) is 8.82. The molecule has 1 aliphatic heterocycles. The Labute approximate surface area is 104 Å². The van der Waals surface area contributed by atoms with Gasteiger partial charge in [-0.1, -0.05) is 6.08 Å². The largest absolute Gasteiger partial charge is 0.421 e. The van der Waals surface area contributed by atoms with Gasteiger partial charge < -0.3 is 15.6 Å². The Hall–Kier alpha value is -1.87. The van der Waals surface area contributed by atoms with E-state index < -0.39 is 35.6 Å². The maximum absolute atomic E-state index is 12.7. The quantitative estimate of drug-likeness (QED) is 0.758. The summed E-state index contributed by atoms with van der Waals surface area (Å²) in [7, 11) is 0. The van der Waals surface area contributed by atoms with Gasteiger partial charge in [-0.2, -0.15) is 18.2 Å². The lowest BCUT2D eigenvalue weighted by atomic mass is 10.3. The standard InChI is InChI=1S/C10H10F3N3O3/c11-10(12,13)6-3-16(9(18)15-8(6)14)7-2-1-5(4-17)19-7/h1-3,5,7,17H,4H2,(H2,14,15,18)/t5-,7+/m1/s1. The molecule has 9 heteroatoms. The molecule has 3 N–H and O–H groups in total. The van der Waals surface area contributed by atoms with Crippen molar-refractivity contribution >= 4 is 5.82 Å². The van der Waals surface area contributed by atoms with E-state index in [9.17, 15) is 18.0 Å². The molecule has 2 rings (SSSR count). The van der Waals surface area contributed by atoms with Crippen molar-refractivity contribution < 1.29 is 23.0 Å². The molecule has 1 aliphatic rings. The fourth-order valence-corrected chi connectivity index (χ4v) is 1.63. The molecule has 2 atom stereocenters. The Bertz CT molecular complexity index is 567. The van der Waals surface area contributed by atoms with E-state index in [4.69, 9.17) is 15.6 Å². The van der Waals surface area contributed by atoms with Gasteiger partial charge in [-0.15, -0.1) is 0 Å². The van der Waals surface area contributed by atoms with Crippen molar-refractivity contribution in [1.29, 1.82) is 0 Å². The Morgan fingerprint density at radius 2 is 2.16 bits per heavy atom. The first kappa shape index (κ1) is 13.6. The summed E-state index contributed by atoms with van der Waals surface area (Å²) in [5.41, 5.74) is 2.91. The lowest BCUT2D eigenvalue weighted by Crippen LogP contribution is -2.30. The smallest absolute Gasteiger partial charge is 0.393 e. The predicted octanol–water partition coefficient (Wildman–Crippen LogP) is 0.290. The minimum atomic E-state index is -4.72. The number of aromatic nitrogens is 2. The third-order valence-corrected chi connectivity index (χ3v) is 2.55. The lowest BCUT2D eigenvalue weighted by Gasteiger charge is -2.17. The minimum Gasteiger partial charge on any atom is -0.393 e. The van der Waals surface area contributed by atoms with Gasteiger partial charge in [0.1, 0.15) is 17.5 Å². The molecule has 0 aliphatic carbocycles. The van der Waals surface area contributed by atoms with Crippen molar-refractivity contribution in [3.8, 4) is 0 Å². The van der Waals surface area contributed by atoms with E-state index in [0.29, 0.717) is 10.8 Å². The van der Waals surface area contributed by atoms with Gasteiger partial charge in [-0.25, -0.2) is 4.79 Å². The fraction of sp³-hybridized carbons (Fsp3) is 0.400. The van der Waals surface area contributed by atoms with Crippen LogP contribution in [0.25, 0.3) is 0 Å². The molecule has 0 saturated heterocycles. The van der Waals surface area contributed by atoms with E-state index in [1.54, 1.807) is 0 Å². The molecule has 104 valence electrons. The molecule has 0 amide bonds. The Morgan fingerprint density at radius 3 is 2.68 bits per heavy atom. The van der Waals surface area contributed by atoms with E-state index in [0.717, 1.165) is 0 Å². The first-order valence-electron chi connectivity index (χ1n) is 5.23. The van der Waals surface area contributed by atoms with Gasteiger partial charge in [-0.05, 0) is 6.08 Å². The number of anilines is 1. The molecule has 0 radical (unpaired) electrons. The highest BCUT2D eigenvalue weighted by Crippen LogP contribution is 2.32. The van der Waals surface area contributed by atoms with Crippen LogP contribution in [-0.2, 0) is 10.9 Å². The third-order valence-electron chi connectivity index (χ3n) is 2.55. The summed E-state index contributed by atoms with van der Waals surface area (Å²) in [6, 6.07) is 0. The maximum Gasteiger partial charge on any atom is 0.421 e. The number of nitrogens with two attached hydrogens (primary N) is 1. The number of rotatable bonds is 2. The predicted molar refractivity (Wildman–Crippen MR) is 58.0 cm³/mol. The molecule has 0 spiro atoms. The van der Waals surface area contributed by atoms with Gasteiger partial charge in [0.2, 0.25) is 0 Å². The normalized spacial score (nSPS) is 22.9. The zero-order valence-electron chi connectivity index (χ0n) is 9.46. The molecule has 1 aromatic heterocycles. The zero-order chi connectivity index (χ0) is 14.2. The van der Waals surface area contributed by atoms with E-state index in [2.05, 4.69) is 4.98 Å². The number of nitrogen functional groups attached to an aromatic ring is 1. The van der Waals surface area contributed by atoms with Crippen LogP contribution in [0.15, 0.2) is 23.1 Å². The minimum absolute atomic E-state index is 0.337. The average Bonchev–Trinajstić information content (AvgIpc) is 2.75. The van der Waals surface area contributed by atoms with Crippen LogP contribution in [0.1, 0.15) is 11.8 Å². The summed E-state index contributed by atoms with van der Waals surface area (Å²) in [5, 5.41) is 8.85. The SMILES string of the molecule is Nc1nc(=O)n([C@@H]2C=C[C@H](CO)O2)cc1C(F)(F)F. The van der Waals surface area contributed by atoms with Crippen LogP contribution >= 0.6 is 0 Å². The van der Waals surface area contributed by atoms with Crippen LogP contribution in [0.3, 0.4) is 0 Å². The summed E-state index contributed by atoms with van der Waals surface area (Å²) >= 11 is 0. The average molecular weight is 277 g/mol. The maximum atomic E-state index is 12.7. The number of halogens is 3. The molecule has 6 nitrogen and oxygen atoms in total. The first-order valence-corrected chi connectivity index (χ1v) is 5.23. The van der Waals surface area contributed by atoms with Gasteiger partial charge in [0.15, 0.2) is 6.23 Å². The summed E-state index contributed by atoms with van der Waals surface area (Å²) in [6.45, 7) is -0.337. The lowest BCUT2D eigenvalue weighted by molar-refractivity contribution is -0.137. The van der Waals surface area contributed by atoms with E-state index in [-0.39, 0.29) is 6.61 Å². The van der Waals surface area contributed by atoms with Gasteiger partial charge >= 0.3 is 11.9 Å². The third kappa shape index (κ3) is 2.61. The van der Waals surface area contributed by atoms with Crippen molar-refractivity contribution in [2.45, 2.75) is 18.5 Å². The highest BCUT2D eigenvalue weighted by Gasteiger charge is 2.35. The molecule has 0 fully saturated rings. The second-order valence-corrected chi connectivity index (χ2v) is 3.86. The summed E-state index contributed by atoms with van der Waals surface area (Å²) in [4.78, 5) is 14.7. The van der Waals surface area contributed by atoms with Gasteiger partial charge in [0, 0.05) is 6.20 Å². The van der Waals surface area contributed by atoms with Gasteiger partial charge in [-0.3, -0.25) is 4.57 Å². The monoisotopic (exact) mass is 277 g/mol. The van der Waals surface area contributed by atoms with Crippen molar-refractivity contribution in [1.82, 2.24) is 9.55 Å². The molecule has 0 unspecified atom stereocenters. The Morgan fingerprint density at radius 1 is 1.47 bits per heavy atom. The summed E-state index contributed by atoms with van der Waals surface area (Å²) < 4.78 is 43.8. The Balaban J connectivity index is 2.42. The second-order valence-electron chi connectivity index (χ2n) is 3.86. The van der Waals surface area contributed by atoms with Crippen LogP contribution in [0, 0.1) is 0 Å². The number of hydrogen-bond acceptors (Lipinski definition) is 5. The molecule has 0 saturated carbocycles. The van der Waals surface area contributed by atoms with Crippen LogP contribution < -0.4 is 11.4 Å². The number of hydrogen-bond donors (Lipinski definition) is 2. The van der Waals surface area contributed by atoms with Crippen molar-refractivity contribution in [2.75, 3.05) is 12.3 Å². The van der Waals surface area contributed by atoms with Crippen LogP contribution in [0.5, 0.6) is 0 Å². The molecular weight excluding hydrogens is 267 g/mol. The molecule has 2 heterocycles. The molecular formula is C10H10F3N3O3. The van der Waals surface area contributed by atoms with E-state index in [1.807, 2.05) is 0 Å². The second kappa shape index (κ2) is 4.67. The van der Waals surface area contributed by atoms with E-state index in [1.165, 1.54) is 12.2 Å². The molecule has 0 bridgehead atoms. The van der Waals surface area contributed by atoms with Crippen molar-refractivity contribution in [2.24, 2.45) is 0 Å². The van der Waals surface area contributed by atoms with Crippen molar-refractivity contribution in [3.05, 3.63) is 34.4 Å². The van der Waals surface area contributed by atoms with Crippen molar-refractivity contribution in [3.63, 3.8) is 0 Å². The van der Waals surface area contributed by atoms with E-state index >= 15 is 0 Å². The number of ether oxygens (including phenoxy) is 1. The molecule has 19 heavy (non-hydrogen) atoms. The summed E-state index contributed by atoms with van der Waals surface area (Å²) in [6.07, 6.45) is -3.06. The molecule has 0 aromatic carbocycles. The molecule has 1 aromatic rings. The highest BCUT2D eigenvalue weighted by molar-refractivity contribution is 5.39. The van der Waals surface area contributed by atoms with Gasteiger partial charge in [0.25, 0.3) is 0 Å². The van der Waals surface area contributed by atoms with Crippen LogP contribution in [0.2, 0.25) is 0 Å². The van der Waals surface area contributed by atoms with Crippen LogP contribution in [-0.4, -0.2) is 27.4 Å². The number of aliphatic hydroxyl groups is 1. The summed E-state index contributed by atoms with van der Waals surface area (Å²) in [5.74, 6) is -0.880. The highest BCUT2D eigenvalue weighted by atomic mass is 19.4. The fourth-order valence-electron chi connectivity index (χ4n) is 1.63. The number of nitrogens with zero attached hydrogens (tertiary/aromatic N) is 2. The number of alkyl halides is 3. The zero-order valence-corrected chi connectivity index (χ0v) is 9.46. The number of aliphatic hydroxyl groups excluding tert-OH is 1.